The van der Waals surface area contributed by atoms with Gasteiger partial charge in [-0.15, -0.1) is 0 Å². The lowest BCUT2D eigenvalue weighted by Crippen LogP contribution is -2.41. The molecule has 0 aliphatic carbocycles. The monoisotopic (exact) mass is 202 g/mol. The van der Waals surface area contributed by atoms with Crippen molar-refractivity contribution in [3.05, 3.63) is 0 Å². The topological polar surface area (TPSA) is 49.8 Å². The Kier molecular flexibility index (Phi) is 2.91. The van der Waals surface area contributed by atoms with Crippen LogP contribution in [-0.4, -0.2) is 40.9 Å². The summed E-state index contributed by atoms with van der Waals surface area (Å²) >= 11 is 0. The SMILES string of the molecule is [2H]CC(C)(C)OC(=O)N1CCC[C@H]1CO. The molecule has 82 valence electrons. The van der Waals surface area contributed by atoms with Crippen molar-refractivity contribution < 1.29 is 16.0 Å². The van der Waals surface area contributed by atoms with Crippen LogP contribution >= 0.6 is 0 Å². The Morgan fingerprint density at radius 3 is 3.07 bits per heavy atom. The summed E-state index contributed by atoms with van der Waals surface area (Å²) in [4.78, 5) is 13.3. The molecule has 1 fully saturated rings. The molecular weight excluding hydrogens is 182 g/mol. The molecule has 1 aliphatic heterocycles. The zero-order chi connectivity index (χ0) is 11.5. The summed E-state index contributed by atoms with van der Waals surface area (Å²) in [7, 11) is 0. The summed E-state index contributed by atoms with van der Waals surface area (Å²) in [5.41, 5.74) is -0.750. The van der Waals surface area contributed by atoms with Crippen molar-refractivity contribution in [2.45, 2.75) is 45.2 Å². The summed E-state index contributed by atoms with van der Waals surface area (Å²) in [5.74, 6) is 0. The van der Waals surface area contributed by atoms with Gasteiger partial charge in [-0.25, -0.2) is 4.79 Å². The minimum Gasteiger partial charge on any atom is -0.444 e. The fourth-order valence-corrected chi connectivity index (χ4v) is 1.56. The highest BCUT2D eigenvalue weighted by molar-refractivity contribution is 5.68. The summed E-state index contributed by atoms with van der Waals surface area (Å²) in [5, 5.41) is 9.05. The number of amides is 1. The number of carbonyl (C=O) groups is 1. The number of rotatable bonds is 1. The first-order chi connectivity index (χ1) is 7.00. The third-order valence-corrected chi connectivity index (χ3v) is 2.19. The lowest BCUT2D eigenvalue weighted by molar-refractivity contribution is 0.0176. The van der Waals surface area contributed by atoms with Crippen LogP contribution < -0.4 is 0 Å². The van der Waals surface area contributed by atoms with Crippen molar-refractivity contribution in [2.24, 2.45) is 0 Å². The Morgan fingerprint density at radius 1 is 1.79 bits per heavy atom. The first-order valence-electron chi connectivity index (χ1n) is 5.60. The van der Waals surface area contributed by atoms with Gasteiger partial charge in [-0.05, 0) is 33.6 Å². The van der Waals surface area contributed by atoms with Crippen LogP contribution in [0.5, 0.6) is 0 Å². The van der Waals surface area contributed by atoms with E-state index in [0.29, 0.717) is 6.54 Å². The highest BCUT2D eigenvalue weighted by Crippen LogP contribution is 2.20. The van der Waals surface area contributed by atoms with Gasteiger partial charge in [0.05, 0.1) is 12.6 Å². The maximum atomic E-state index is 11.7. The molecule has 0 saturated carbocycles. The molecule has 0 aromatic carbocycles. The van der Waals surface area contributed by atoms with Gasteiger partial charge in [0.2, 0.25) is 0 Å². The summed E-state index contributed by atoms with van der Waals surface area (Å²) in [6.07, 6.45) is 1.32. The number of hydrogen-bond donors (Lipinski definition) is 1. The molecule has 0 aromatic rings. The van der Waals surface area contributed by atoms with Gasteiger partial charge in [0.1, 0.15) is 5.60 Å². The smallest absolute Gasteiger partial charge is 0.410 e. The van der Waals surface area contributed by atoms with Crippen LogP contribution in [0.1, 0.15) is 35.0 Å². The van der Waals surface area contributed by atoms with E-state index in [1.165, 1.54) is 0 Å². The Bertz CT molecular complexity index is 233. The van der Waals surface area contributed by atoms with Crippen molar-refractivity contribution >= 4 is 6.09 Å². The van der Waals surface area contributed by atoms with E-state index < -0.39 is 11.7 Å². The Hall–Kier alpha value is -0.770. The number of nitrogens with zero attached hydrogens (tertiary/aromatic N) is 1. The number of aliphatic hydroxyl groups is 1. The van der Waals surface area contributed by atoms with E-state index in [2.05, 4.69) is 0 Å². The van der Waals surface area contributed by atoms with Gasteiger partial charge in [-0.3, -0.25) is 0 Å². The third-order valence-electron chi connectivity index (χ3n) is 2.19. The van der Waals surface area contributed by atoms with Crippen molar-refractivity contribution in [1.29, 1.82) is 0 Å². The van der Waals surface area contributed by atoms with Gasteiger partial charge >= 0.3 is 6.09 Å². The molecule has 1 N–H and O–H groups in total. The molecule has 0 radical (unpaired) electrons. The van der Waals surface area contributed by atoms with Crippen LogP contribution in [0.15, 0.2) is 0 Å². The predicted molar refractivity (Wildman–Crippen MR) is 53.0 cm³/mol. The summed E-state index contributed by atoms with van der Waals surface area (Å²) in [6, 6.07) is -0.112. The second-order valence-electron chi connectivity index (χ2n) is 4.30. The average molecular weight is 202 g/mol. The molecule has 1 heterocycles. The molecule has 0 aromatic heterocycles. The van der Waals surface area contributed by atoms with Gasteiger partial charge < -0.3 is 14.7 Å². The standard InChI is InChI=1S/C10H19NO3/c1-10(2,3)14-9(13)11-6-4-5-8(11)7-12/h8,12H,4-7H2,1-3H3/t8-/m0/s1/i1D. The maximum Gasteiger partial charge on any atom is 0.410 e. The van der Waals surface area contributed by atoms with E-state index in [4.69, 9.17) is 11.2 Å². The fourth-order valence-electron chi connectivity index (χ4n) is 1.56. The van der Waals surface area contributed by atoms with E-state index in [9.17, 15) is 4.79 Å². The van der Waals surface area contributed by atoms with E-state index in [-0.39, 0.29) is 19.5 Å². The number of carbonyl (C=O) groups excluding carboxylic acids is 1. The molecule has 14 heavy (non-hydrogen) atoms. The van der Waals surface area contributed by atoms with Crippen LogP contribution in [0.4, 0.5) is 4.79 Å². The molecule has 4 nitrogen and oxygen atoms in total. The summed E-state index contributed by atoms with van der Waals surface area (Å²) < 4.78 is 12.4. The Morgan fingerprint density at radius 2 is 2.50 bits per heavy atom. The van der Waals surface area contributed by atoms with E-state index in [1.807, 2.05) is 0 Å². The molecule has 1 amide bonds. The van der Waals surface area contributed by atoms with Gasteiger partial charge in [0, 0.05) is 7.92 Å². The molecule has 0 bridgehead atoms. The van der Waals surface area contributed by atoms with Crippen LogP contribution in [0.3, 0.4) is 0 Å². The van der Waals surface area contributed by atoms with Crippen LogP contribution in [0.2, 0.25) is 0 Å². The van der Waals surface area contributed by atoms with E-state index in [0.717, 1.165) is 12.8 Å². The first kappa shape index (κ1) is 9.77. The van der Waals surface area contributed by atoms with Crippen LogP contribution in [-0.2, 0) is 4.74 Å². The van der Waals surface area contributed by atoms with E-state index >= 15 is 0 Å². The molecule has 4 heteroatoms. The molecule has 0 spiro atoms. The molecule has 1 aliphatic rings. The number of likely N-dealkylation sites (tertiary alicyclic amines) is 1. The Labute approximate surface area is 86.3 Å². The minimum atomic E-state index is -0.750. The van der Waals surface area contributed by atoms with Crippen molar-refractivity contribution in [1.82, 2.24) is 4.90 Å². The first-order valence-corrected chi connectivity index (χ1v) is 4.90. The quantitative estimate of drug-likeness (QED) is 0.698. The number of aliphatic hydroxyl groups excluding tert-OH is 1. The average Bonchev–Trinajstić information content (AvgIpc) is 2.64. The third kappa shape index (κ3) is 2.87. The lowest BCUT2D eigenvalue weighted by atomic mass is 10.2. The van der Waals surface area contributed by atoms with Crippen LogP contribution in [0.25, 0.3) is 0 Å². The fraction of sp³-hybridized carbons (Fsp3) is 0.900. The number of ether oxygens (including phenoxy) is 1. The second kappa shape index (κ2) is 4.17. The van der Waals surface area contributed by atoms with Crippen molar-refractivity contribution in [3.63, 3.8) is 0 Å². The zero-order valence-electron chi connectivity index (χ0n) is 9.82. The highest BCUT2D eigenvalue weighted by atomic mass is 16.6. The van der Waals surface area contributed by atoms with Crippen molar-refractivity contribution in [3.8, 4) is 0 Å². The van der Waals surface area contributed by atoms with Crippen molar-refractivity contribution in [2.75, 3.05) is 13.2 Å². The van der Waals surface area contributed by atoms with Crippen LogP contribution in [0, 0.1) is 0 Å². The molecule has 1 saturated heterocycles. The Balaban J connectivity index is 2.53. The predicted octanol–water partition coefficient (Wildman–Crippen LogP) is 1.38. The molecule has 0 unspecified atom stereocenters. The largest absolute Gasteiger partial charge is 0.444 e. The molecule has 1 rings (SSSR count). The van der Waals surface area contributed by atoms with Gasteiger partial charge in [-0.2, -0.15) is 0 Å². The zero-order valence-corrected chi connectivity index (χ0v) is 8.82. The molecule has 1 atom stereocenters. The second-order valence-corrected chi connectivity index (χ2v) is 4.30. The van der Waals surface area contributed by atoms with Gasteiger partial charge in [0.15, 0.2) is 0 Å². The van der Waals surface area contributed by atoms with Gasteiger partial charge in [-0.1, -0.05) is 0 Å². The number of hydrogen-bond acceptors (Lipinski definition) is 3. The van der Waals surface area contributed by atoms with Gasteiger partial charge in [0.25, 0.3) is 0 Å². The van der Waals surface area contributed by atoms with E-state index in [1.54, 1.807) is 18.7 Å². The maximum absolute atomic E-state index is 11.7. The highest BCUT2D eigenvalue weighted by Gasteiger charge is 2.31. The lowest BCUT2D eigenvalue weighted by Gasteiger charge is -2.27. The molecular formula is C10H19NO3. The normalized spacial score (nSPS) is 23.5. The summed E-state index contributed by atoms with van der Waals surface area (Å²) in [6.45, 7) is 4.08. The minimum absolute atomic E-state index is 0.0175.